The predicted octanol–water partition coefficient (Wildman–Crippen LogP) is 2.76. The molecule has 1 aromatic rings. The highest BCUT2D eigenvalue weighted by Crippen LogP contribution is 2.15. The predicted molar refractivity (Wildman–Crippen MR) is 87.7 cm³/mol. The molecule has 4 heteroatoms. The Bertz CT molecular complexity index is 534. The Labute approximate surface area is 132 Å². The lowest BCUT2D eigenvalue weighted by Crippen LogP contribution is -2.48. The highest BCUT2D eigenvalue weighted by Gasteiger charge is 2.28. The summed E-state index contributed by atoms with van der Waals surface area (Å²) in [5.74, 6) is 0.262. The van der Waals surface area contributed by atoms with Crippen LogP contribution in [0.1, 0.15) is 49.0 Å². The fraction of sp³-hybridized carbons (Fsp3) is 0.556. The summed E-state index contributed by atoms with van der Waals surface area (Å²) in [5, 5.41) is 2.95. The minimum Gasteiger partial charge on any atom is -0.341 e. The van der Waals surface area contributed by atoms with Crippen LogP contribution in [0.5, 0.6) is 0 Å². The lowest BCUT2D eigenvalue weighted by Gasteiger charge is -2.25. The van der Waals surface area contributed by atoms with Gasteiger partial charge < -0.3 is 10.2 Å². The lowest BCUT2D eigenvalue weighted by atomic mass is 10.0. The standard InChI is InChI=1S/C18H26N2O2/c1-13(2)12-16(18(22)20-10-6-7-11-20)19-17(21)15-9-5-4-8-14(15)3/h4-5,8-9,13,16H,6-7,10-12H2,1-3H3,(H,19,21)/t16-/m0/s1. The van der Waals surface area contributed by atoms with Crippen LogP contribution in [0.25, 0.3) is 0 Å². The van der Waals surface area contributed by atoms with Crippen molar-refractivity contribution < 1.29 is 9.59 Å². The van der Waals surface area contributed by atoms with E-state index in [0.717, 1.165) is 31.5 Å². The van der Waals surface area contributed by atoms with E-state index >= 15 is 0 Å². The quantitative estimate of drug-likeness (QED) is 0.909. The average molecular weight is 302 g/mol. The van der Waals surface area contributed by atoms with Gasteiger partial charge in [0, 0.05) is 18.7 Å². The van der Waals surface area contributed by atoms with Crippen LogP contribution in [0.2, 0.25) is 0 Å². The number of nitrogens with zero attached hydrogens (tertiary/aromatic N) is 1. The molecule has 0 saturated carbocycles. The van der Waals surface area contributed by atoms with Crippen molar-refractivity contribution in [2.75, 3.05) is 13.1 Å². The van der Waals surface area contributed by atoms with E-state index in [2.05, 4.69) is 19.2 Å². The molecule has 1 aliphatic rings. The first-order chi connectivity index (χ1) is 10.5. The summed E-state index contributed by atoms with van der Waals surface area (Å²) in [4.78, 5) is 27.0. The molecule has 0 bridgehead atoms. The van der Waals surface area contributed by atoms with Crippen LogP contribution in [0.4, 0.5) is 0 Å². The van der Waals surface area contributed by atoms with Gasteiger partial charge in [0.15, 0.2) is 0 Å². The van der Waals surface area contributed by atoms with Crippen LogP contribution in [0, 0.1) is 12.8 Å². The van der Waals surface area contributed by atoms with Crippen molar-refractivity contribution in [3.8, 4) is 0 Å². The summed E-state index contributed by atoms with van der Waals surface area (Å²) >= 11 is 0. The Morgan fingerprint density at radius 1 is 1.18 bits per heavy atom. The third-order valence-corrected chi connectivity index (χ3v) is 4.12. The number of benzene rings is 1. The maximum Gasteiger partial charge on any atom is 0.252 e. The Hall–Kier alpha value is -1.84. The first-order valence-corrected chi connectivity index (χ1v) is 8.14. The number of hydrogen-bond donors (Lipinski definition) is 1. The summed E-state index contributed by atoms with van der Waals surface area (Å²) in [6.45, 7) is 7.68. The Morgan fingerprint density at radius 2 is 1.82 bits per heavy atom. The maximum absolute atomic E-state index is 12.6. The smallest absolute Gasteiger partial charge is 0.252 e. The summed E-state index contributed by atoms with van der Waals surface area (Å²) < 4.78 is 0. The molecule has 2 amide bonds. The molecule has 1 saturated heterocycles. The van der Waals surface area contributed by atoms with Crippen molar-refractivity contribution >= 4 is 11.8 Å². The molecule has 120 valence electrons. The molecule has 2 rings (SSSR count). The third-order valence-electron chi connectivity index (χ3n) is 4.12. The second-order valence-electron chi connectivity index (χ2n) is 6.50. The number of nitrogens with one attached hydrogen (secondary N) is 1. The van der Waals surface area contributed by atoms with Gasteiger partial charge >= 0.3 is 0 Å². The van der Waals surface area contributed by atoms with Gasteiger partial charge in [-0.25, -0.2) is 0 Å². The van der Waals surface area contributed by atoms with Gasteiger partial charge in [0.1, 0.15) is 6.04 Å². The van der Waals surface area contributed by atoms with E-state index in [9.17, 15) is 9.59 Å². The highest BCUT2D eigenvalue weighted by molar-refractivity contribution is 5.98. The molecule has 1 N–H and O–H groups in total. The number of rotatable bonds is 5. The minimum atomic E-state index is -0.426. The number of aryl methyl sites for hydroxylation is 1. The molecule has 0 aromatic heterocycles. The van der Waals surface area contributed by atoms with Gasteiger partial charge in [0.2, 0.25) is 5.91 Å². The Balaban J connectivity index is 2.10. The SMILES string of the molecule is Cc1ccccc1C(=O)N[C@@H](CC(C)C)C(=O)N1CCCC1. The molecular formula is C18H26N2O2. The Kier molecular flexibility index (Phi) is 5.58. The fourth-order valence-corrected chi connectivity index (χ4v) is 2.91. The Morgan fingerprint density at radius 3 is 2.41 bits per heavy atom. The largest absolute Gasteiger partial charge is 0.341 e. The molecule has 0 aliphatic carbocycles. The van der Waals surface area contributed by atoms with Gasteiger partial charge in [0.25, 0.3) is 5.91 Å². The van der Waals surface area contributed by atoms with Crippen LogP contribution >= 0.6 is 0 Å². The van der Waals surface area contributed by atoms with Crippen LogP contribution in [-0.2, 0) is 4.79 Å². The van der Waals surface area contributed by atoms with Gasteiger partial charge in [0.05, 0.1) is 0 Å². The van der Waals surface area contributed by atoms with Gasteiger partial charge in [-0.05, 0) is 43.7 Å². The molecule has 0 radical (unpaired) electrons. The van der Waals surface area contributed by atoms with Crippen molar-refractivity contribution in [3.63, 3.8) is 0 Å². The summed E-state index contributed by atoms with van der Waals surface area (Å²) in [6, 6.07) is 7.05. The number of likely N-dealkylation sites (tertiary alicyclic amines) is 1. The van der Waals surface area contributed by atoms with Crippen LogP contribution in [0.3, 0.4) is 0 Å². The first-order valence-electron chi connectivity index (χ1n) is 8.14. The molecule has 0 spiro atoms. The first kappa shape index (κ1) is 16.5. The zero-order chi connectivity index (χ0) is 16.1. The summed E-state index contributed by atoms with van der Waals surface area (Å²) in [5.41, 5.74) is 1.57. The van der Waals surface area contributed by atoms with E-state index in [-0.39, 0.29) is 11.8 Å². The second kappa shape index (κ2) is 7.43. The van der Waals surface area contributed by atoms with Crippen molar-refractivity contribution in [1.29, 1.82) is 0 Å². The second-order valence-corrected chi connectivity index (χ2v) is 6.50. The van der Waals surface area contributed by atoms with Gasteiger partial charge in [-0.2, -0.15) is 0 Å². The van der Waals surface area contributed by atoms with E-state index < -0.39 is 6.04 Å². The number of carbonyl (C=O) groups is 2. The van der Waals surface area contributed by atoms with E-state index in [1.165, 1.54) is 0 Å². The maximum atomic E-state index is 12.6. The third kappa shape index (κ3) is 4.09. The van der Waals surface area contributed by atoms with E-state index in [0.29, 0.717) is 17.9 Å². The van der Waals surface area contributed by atoms with Crippen LogP contribution in [-0.4, -0.2) is 35.8 Å². The molecule has 4 nitrogen and oxygen atoms in total. The minimum absolute atomic E-state index is 0.0631. The van der Waals surface area contributed by atoms with Crippen molar-refractivity contribution in [3.05, 3.63) is 35.4 Å². The monoisotopic (exact) mass is 302 g/mol. The van der Waals surface area contributed by atoms with E-state index in [4.69, 9.17) is 0 Å². The summed E-state index contributed by atoms with van der Waals surface area (Å²) in [6.07, 6.45) is 2.80. The fourth-order valence-electron chi connectivity index (χ4n) is 2.91. The van der Waals surface area contributed by atoms with E-state index in [1.807, 2.05) is 30.0 Å². The molecule has 1 heterocycles. The molecule has 1 atom stereocenters. The molecule has 1 aliphatic heterocycles. The van der Waals surface area contributed by atoms with Crippen molar-refractivity contribution in [2.45, 2.75) is 46.1 Å². The topological polar surface area (TPSA) is 49.4 Å². The lowest BCUT2D eigenvalue weighted by molar-refractivity contribution is -0.132. The number of carbonyl (C=O) groups excluding carboxylic acids is 2. The summed E-state index contributed by atoms with van der Waals surface area (Å²) in [7, 11) is 0. The van der Waals surface area contributed by atoms with Gasteiger partial charge in [-0.3, -0.25) is 9.59 Å². The average Bonchev–Trinajstić information content (AvgIpc) is 2.99. The van der Waals surface area contributed by atoms with Crippen LogP contribution < -0.4 is 5.32 Å². The molecule has 22 heavy (non-hydrogen) atoms. The number of hydrogen-bond acceptors (Lipinski definition) is 2. The molecule has 0 unspecified atom stereocenters. The van der Waals surface area contributed by atoms with Crippen molar-refractivity contribution in [2.24, 2.45) is 5.92 Å². The van der Waals surface area contributed by atoms with Gasteiger partial charge in [-0.1, -0.05) is 32.0 Å². The van der Waals surface area contributed by atoms with E-state index in [1.54, 1.807) is 6.07 Å². The molecule has 1 aromatic carbocycles. The molecule has 1 fully saturated rings. The zero-order valence-corrected chi connectivity index (χ0v) is 13.8. The van der Waals surface area contributed by atoms with Crippen LogP contribution in [0.15, 0.2) is 24.3 Å². The molecular weight excluding hydrogens is 276 g/mol. The van der Waals surface area contributed by atoms with Crippen molar-refractivity contribution in [1.82, 2.24) is 10.2 Å². The van der Waals surface area contributed by atoms with Gasteiger partial charge in [-0.15, -0.1) is 0 Å². The normalized spacial score (nSPS) is 15.9. The highest BCUT2D eigenvalue weighted by atomic mass is 16.2. The zero-order valence-electron chi connectivity index (χ0n) is 13.8. The number of amides is 2.